The third-order valence-corrected chi connectivity index (χ3v) is 9.73. The second-order valence-corrected chi connectivity index (χ2v) is 15.5. The Morgan fingerprint density at radius 3 is 2.19 bits per heavy atom. The summed E-state index contributed by atoms with van der Waals surface area (Å²) in [6.07, 6.45) is -5.64. The van der Waals surface area contributed by atoms with Crippen LogP contribution in [0.4, 0.5) is 26.7 Å². The predicted molar refractivity (Wildman–Crippen MR) is 185 cm³/mol. The number of sulfonamides is 1. The molecule has 11 nitrogen and oxygen atoms in total. The van der Waals surface area contributed by atoms with E-state index in [1.165, 1.54) is 25.1 Å². The van der Waals surface area contributed by atoms with E-state index < -0.39 is 98.3 Å². The van der Waals surface area contributed by atoms with Crippen molar-refractivity contribution in [3.63, 3.8) is 0 Å². The second kappa shape index (κ2) is 14.8. The van der Waals surface area contributed by atoms with Gasteiger partial charge in [0.25, 0.3) is 5.56 Å². The van der Waals surface area contributed by atoms with Gasteiger partial charge < -0.3 is 14.8 Å². The van der Waals surface area contributed by atoms with Gasteiger partial charge in [-0.1, -0.05) is 48.5 Å². The summed E-state index contributed by atoms with van der Waals surface area (Å²) in [7, 11) is -3.51. The molecule has 1 N–H and O–H groups in total. The SMILES string of the molecule is Cc1c(-c2cccc(OC3CN(S(C)(=O)=O)C3)c2F)c(=O)n(C[C@H](NC(=O)OC(C)(C)C)c2ccccc2)c(=O)n1Cc1c(F)cccc1C(F)(F)F. The van der Waals surface area contributed by atoms with Gasteiger partial charge in [0.05, 0.1) is 49.6 Å². The molecule has 17 heteroatoms. The highest BCUT2D eigenvalue weighted by atomic mass is 32.2. The van der Waals surface area contributed by atoms with Gasteiger partial charge in [0.2, 0.25) is 10.0 Å². The third-order valence-electron chi connectivity index (χ3n) is 8.50. The molecule has 0 saturated carbocycles. The smallest absolute Gasteiger partial charge is 0.416 e. The number of alkyl carbamates (subject to hydrolysis) is 1. The van der Waals surface area contributed by atoms with Crippen LogP contribution in [0.5, 0.6) is 5.75 Å². The number of carbonyl (C=O) groups excluding carboxylic acids is 1. The van der Waals surface area contributed by atoms with Crippen LogP contribution in [0.1, 0.15) is 49.2 Å². The molecular weight excluding hydrogens is 727 g/mol. The number of carbonyl (C=O) groups is 1. The van der Waals surface area contributed by atoms with Crippen molar-refractivity contribution in [2.45, 2.75) is 64.7 Å². The predicted octanol–water partition coefficient (Wildman–Crippen LogP) is 5.62. The van der Waals surface area contributed by atoms with E-state index >= 15 is 8.78 Å². The number of hydrogen-bond donors (Lipinski definition) is 1. The summed E-state index contributed by atoms with van der Waals surface area (Å²) in [4.78, 5) is 41.5. The Morgan fingerprint density at radius 1 is 0.943 bits per heavy atom. The number of amides is 1. The number of nitrogens with one attached hydrogen (secondary N) is 1. The van der Waals surface area contributed by atoms with Crippen molar-refractivity contribution >= 4 is 16.1 Å². The molecule has 1 aliphatic rings. The van der Waals surface area contributed by atoms with Crippen molar-refractivity contribution in [3.05, 3.63) is 122 Å². The second-order valence-electron chi connectivity index (χ2n) is 13.6. The zero-order valence-corrected chi connectivity index (χ0v) is 30.1. The summed E-state index contributed by atoms with van der Waals surface area (Å²) in [5, 5.41) is 2.62. The summed E-state index contributed by atoms with van der Waals surface area (Å²) in [5.41, 5.74) is -6.14. The molecule has 1 saturated heterocycles. The molecule has 2 heterocycles. The average Bonchev–Trinajstić information content (AvgIpc) is 3.02. The van der Waals surface area contributed by atoms with Crippen molar-refractivity contribution in [1.82, 2.24) is 18.8 Å². The summed E-state index contributed by atoms with van der Waals surface area (Å²) in [6, 6.07) is 13.1. The van der Waals surface area contributed by atoms with Crippen LogP contribution in [-0.2, 0) is 34.0 Å². The molecule has 0 aliphatic carbocycles. The van der Waals surface area contributed by atoms with Crippen LogP contribution < -0.4 is 21.3 Å². The first-order valence-electron chi connectivity index (χ1n) is 16.3. The van der Waals surface area contributed by atoms with Crippen LogP contribution in [0.25, 0.3) is 11.1 Å². The zero-order chi connectivity index (χ0) is 39.0. The Kier molecular flexibility index (Phi) is 10.9. The van der Waals surface area contributed by atoms with Crippen molar-refractivity contribution in [2.24, 2.45) is 0 Å². The molecule has 5 rings (SSSR count). The van der Waals surface area contributed by atoms with Gasteiger partial charge >= 0.3 is 18.0 Å². The van der Waals surface area contributed by atoms with Crippen molar-refractivity contribution < 1.29 is 44.6 Å². The lowest BCUT2D eigenvalue weighted by Gasteiger charge is -2.37. The quantitative estimate of drug-likeness (QED) is 0.208. The molecule has 53 heavy (non-hydrogen) atoms. The fraction of sp³-hybridized carbons (Fsp3) is 0.361. The Bertz CT molecular complexity index is 2250. The number of halogens is 5. The topological polar surface area (TPSA) is 129 Å². The maximum Gasteiger partial charge on any atom is 0.416 e. The Labute approximate surface area is 301 Å². The fourth-order valence-corrected chi connectivity index (χ4v) is 6.75. The first-order valence-corrected chi connectivity index (χ1v) is 18.1. The molecule has 284 valence electrons. The van der Waals surface area contributed by atoms with Gasteiger partial charge in [-0.25, -0.2) is 26.8 Å². The Hall–Kier alpha value is -5.03. The highest BCUT2D eigenvalue weighted by molar-refractivity contribution is 7.88. The van der Waals surface area contributed by atoms with E-state index in [0.717, 1.165) is 27.3 Å². The van der Waals surface area contributed by atoms with Gasteiger partial charge in [-0.05, 0) is 51.5 Å². The van der Waals surface area contributed by atoms with E-state index in [9.17, 15) is 36.0 Å². The minimum absolute atomic E-state index is 0.0606. The van der Waals surface area contributed by atoms with E-state index in [4.69, 9.17) is 9.47 Å². The van der Waals surface area contributed by atoms with Crippen LogP contribution in [-0.4, -0.2) is 59.0 Å². The summed E-state index contributed by atoms with van der Waals surface area (Å²) in [6.45, 7) is 4.36. The maximum atomic E-state index is 16.3. The van der Waals surface area contributed by atoms with Crippen LogP contribution in [0.3, 0.4) is 0 Å². The van der Waals surface area contributed by atoms with E-state index in [1.807, 2.05) is 0 Å². The monoisotopic (exact) mass is 764 g/mol. The first kappa shape index (κ1) is 39.2. The van der Waals surface area contributed by atoms with Crippen LogP contribution in [0, 0.1) is 18.6 Å². The van der Waals surface area contributed by atoms with Crippen molar-refractivity contribution in [2.75, 3.05) is 19.3 Å². The van der Waals surface area contributed by atoms with Crippen LogP contribution >= 0.6 is 0 Å². The number of rotatable bonds is 10. The summed E-state index contributed by atoms with van der Waals surface area (Å²) < 4.78 is 111. The maximum absolute atomic E-state index is 16.3. The van der Waals surface area contributed by atoms with Crippen molar-refractivity contribution in [3.8, 4) is 16.9 Å². The third kappa shape index (κ3) is 8.79. The highest BCUT2D eigenvalue weighted by Gasteiger charge is 2.37. The number of hydrogen-bond acceptors (Lipinski definition) is 7. The van der Waals surface area contributed by atoms with E-state index in [1.54, 1.807) is 51.1 Å². The molecule has 0 bridgehead atoms. The standard InChI is InChI=1S/C36H37F5N4O7S/c1-21-30(24-13-9-16-29(31(24)38)51-23-17-43(18-23)53(5,49)50)32(46)45(20-28(22-11-7-6-8-12-22)42-33(47)52-35(2,3)4)34(48)44(21)19-25-26(36(39,40)41)14-10-15-27(25)37/h6-16,23,28H,17-20H2,1-5H3,(H,42,47)/t28-/m0/s1. The molecule has 1 fully saturated rings. The number of ether oxygens (including phenoxy) is 2. The lowest BCUT2D eigenvalue weighted by Crippen LogP contribution is -2.55. The fourth-order valence-electron chi connectivity index (χ4n) is 5.87. The molecule has 1 atom stereocenters. The summed E-state index contributed by atoms with van der Waals surface area (Å²) in [5.74, 6) is -2.70. The van der Waals surface area contributed by atoms with E-state index in [0.29, 0.717) is 16.2 Å². The molecule has 1 aliphatic heterocycles. The number of alkyl halides is 3. The summed E-state index contributed by atoms with van der Waals surface area (Å²) >= 11 is 0. The van der Waals surface area contributed by atoms with Gasteiger partial charge in [0.15, 0.2) is 11.6 Å². The average molecular weight is 765 g/mol. The Morgan fingerprint density at radius 2 is 1.58 bits per heavy atom. The molecule has 3 aromatic carbocycles. The molecule has 1 aromatic heterocycles. The number of benzene rings is 3. The molecule has 0 spiro atoms. The van der Waals surface area contributed by atoms with Gasteiger partial charge in [0, 0.05) is 16.8 Å². The van der Waals surface area contributed by atoms with Gasteiger partial charge in [-0.2, -0.15) is 17.5 Å². The molecule has 0 unspecified atom stereocenters. The lowest BCUT2D eigenvalue weighted by atomic mass is 10.0. The van der Waals surface area contributed by atoms with Gasteiger partial charge in [-0.15, -0.1) is 0 Å². The lowest BCUT2D eigenvalue weighted by molar-refractivity contribution is -0.138. The van der Waals surface area contributed by atoms with Crippen LogP contribution in [0.15, 0.2) is 76.3 Å². The van der Waals surface area contributed by atoms with E-state index in [-0.39, 0.29) is 24.5 Å². The highest BCUT2D eigenvalue weighted by Crippen LogP contribution is 2.35. The van der Waals surface area contributed by atoms with Gasteiger partial charge in [0.1, 0.15) is 17.5 Å². The van der Waals surface area contributed by atoms with Crippen LogP contribution in [0.2, 0.25) is 0 Å². The minimum atomic E-state index is -5.02. The molecular formula is C36H37F5N4O7S. The Balaban J connectivity index is 1.69. The zero-order valence-electron chi connectivity index (χ0n) is 29.3. The molecule has 1 amide bonds. The molecule has 0 radical (unpaired) electrons. The number of nitrogens with zero attached hydrogens (tertiary/aromatic N) is 3. The first-order chi connectivity index (χ1) is 24.7. The number of aromatic nitrogens is 2. The van der Waals surface area contributed by atoms with Gasteiger partial charge in [-0.3, -0.25) is 13.9 Å². The normalized spacial score (nSPS) is 14.8. The molecule has 4 aromatic rings. The van der Waals surface area contributed by atoms with Crippen molar-refractivity contribution in [1.29, 1.82) is 0 Å². The largest absolute Gasteiger partial charge is 0.485 e. The van der Waals surface area contributed by atoms with E-state index in [2.05, 4.69) is 5.32 Å². The minimum Gasteiger partial charge on any atom is -0.485 e.